The maximum absolute atomic E-state index is 11.8. The van der Waals surface area contributed by atoms with Crippen LogP contribution in [0.3, 0.4) is 0 Å². The Hall–Kier alpha value is -2.55. The van der Waals surface area contributed by atoms with Crippen LogP contribution in [0.1, 0.15) is 15.9 Å². The fourth-order valence-corrected chi connectivity index (χ4v) is 1.52. The Kier molecular flexibility index (Phi) is 3.44. The third-order valence-corrected chi connectivity index (χ3v) is 2.50. The number of aromatic hydroxyl groups is 2. The van der Waals surface area contributed by atoms with Crippen LogP contribution in [-0.2, 0) is 0 Å². The Labute approximate surface area is 105 Å². The van der Waals surface area contributed by atoms with Crippen LogP contribution in [-0.4, -0.2) is 16.0 Å². The lowest BCUT2D eigenvalue weighted by Gasteiger charge is -1.98. The Morgan fingerprint density at radius 2 is 1.61 bits per heavy atom. The van der Waals surface area contributed by atoms with E-state index in [4.69, 9.17) is 5.11 Å². The Morgan fingerprint density at radius 3 is 2.28 bits per heavy atom. The molecular weight excluding hydrogens is 228 g/mol. The molecule has 0 amide bonds. The van der Waals surface area contributed by atoms with E-state index in [1.54, 1.807) is 42.5 Å². The third kappa shape index (κ3) is 2.77. The molecule has 0 saturated heterocycles. The van der Waals surface area contributed by atoms with Gasteiger partial charge in [-0.2, -0.15) is 0 Å². The first-order valence-corrected chi connectivity index (χ1v) is 5.46. The molecule has 3 heteroatoms. The minimum atomic E-state index is -0.182. The molecule has 0 aliphatic heterocycles. The Balaban J connectivity index is 2.17. The molecule has 0 aliphatic rings. The van der Waals surface area contributed by atoms with E-state index in [1.165, 1.54) is 18.2 Å². The summed E-state index contributed by atoms with van der Waals surface area (Å²) in [6.07, 6.45) is 2.95. The van der Waals surface area contributed by atoms with Crippen molar-refractivity contribution in [2.24, 2.45) is 0 Å². The molecule has 0 radical (unpaired) electrons. The fourth-order valence-electron chi connectivity index (χ4n) is 1.52. The van der Waals surface area contributed by atoms with Gasteiger partial charge in [-0.1, -0.05) is 18.2 Å². The molecule has 0 fully saturated rings. The molecule has 2 aromatic rings. The SMILES string of the molecule is O=C(/C=C/c1ccccc1O)c1ccc(O)cc1. The lowest BCUT2D eigenvalue weighted by atomic mass is 10.1. The number of carbonyl (C=O) groups excluding carboxylic acids is 1. The molecule has 18 heavy (non-hydrogen) atoms. The van der Waals surface area contributed by atoms with Crippen molar-refractivity contribution >= 4 is 11.9 Å². The number of phenols is 2. The van der Waals surface area contributed by atoms with Crippen molar-refractivity contribution < 1.29 is 15.0 Å². The van der Waals surface area contributed by atoms with Crippen LogP contribution < -0.4 is 0 Å². The molecule has 0 unspecified atom stereocenters. The minimum absolute atomic E-state index is 0.122. The molecule has 0 spiro atoms. The maximum Gasteiger partial charge on any atom is 0.185 e. The Morgan fingerprint density at radius 1 is 0.944 bits per heavy atom. The summed E-state index contributed by atoms with van der Waals surface area (Å²) < 4.78 is 0. The summed E-state index contributed by atoms with van der Waals surface area (Å²) in [5.41, 5.74) is 1.07. The normalized spacial score (nSPS) is 10.7. The zero-order valence-electron chi connectivity index (χ0n) is 9.58. The summed E-state index contributed by atoms with van der Waals surface area (Å²) in [6.45, 7) is 0. The number of rotatable bonds is 3. The van der Waals surface area contributed by atoms with Crippen molar-refractivity contribution in [2.75, 3.05) is 0 Å². The number of para-hydroxylation sites is 1. The van der Waals surface area contributed by atoms with E-state index >= 15 is 0 Å². The number of hydrogen-bond donors (Lipinski definition) is 2. The van der Waals surface area contributed by atoms with Crippen LogP contribution in [0.2, 0.25) is 0 Å². The highest BCUT2D eigenvalue weighted by molar-refractivity contribution is 6.06. The summed E-state index contributed by atoms with van der Waals surface area (Å²) in [5.74, 6) is 0.0711. The largest absolute Gasteiger partial charge is 0.508 e. The molecular formula is C15H12O3. The number of allylic oxidation sites excluding steroid dienone is 1. The molecule has 0 aromatic heterocycles. The fraction of sp³-hybridized carbons (Fsp3) is 0. The monoisotopic (exact) mass is 240 g/mol. The van der Waals surface area contributed by atoms with Crippen molar-refractivity contribution in [1.82, 2.24) is 0 Å². The Bertz CT molecular complexity index is 583. The van der Waals surface area contributed by atoms with E-state index in [0.717, 1.165) is 0 Å². The average Bonchev–Trinajstić information content (AvgIpc) is 2.38. The molecule has 2 rings (SSSR count). The molecule has 3 nitrogen and oxygen atoms in total. The van der Waals surface area contributed by atoms with Gasteiger partial charge in [0.2, 0.25) is 0 Å². The lowest BCUT2D eigenvalue weighted by molar-refractivity contribution is 0.104. The van der Waals surface area contributed by atoms with Crippen molar-refractivity contribution in [1.29, 1.82) is 0 Å². The zero-order chi connectivity index (χ0) is 13.0. The van der Waals surface area contributed by atoms with E-state index in [0.29, 0.717) is 11.1 Å². The molecule has 0 bridgehead atoms. The number of phenolic OH excluding ortho intramolecular Hbond substituents is 2. The first kappa shape index (κ1) is 11.9. The van der Waals surface area contributed by atoms with Gasteiger partial charge < -0.3 is 10.2 Å². The molecule has 0 atom stereocenters. The quantitative estimate of drug-likeness (QED) is 0.640. The molecule has 0 saturated carbocycles. The second-order valence-corrected chi connectivity index (χ2v) is 3.80. The van der Waals surface area contributed by atoms with Gasteiger partial charge in [0.05, 0.1) is 0 Å². The average molecular weight is 240 g/mol. The molecule has 0 aliphatic carbocycles. The highest BCUT2D eigenvalue weighted by Gasteiger charge is 2.02. The van der Waals surface area contributed by atoms with E-state index in [9.17, 15) is 9.90 Å². The van der Waals surface area contributed by atoms with Gasteiger partial charge in [0.15, 0.2) is 5.78 Å². The van der Waals surface area contributed by atoms with Crippen molar-refractivity contribution in [3.63, 3.8) is 0 Å². The van der Waals surface area contributed by atoms with Crippen LogP contribution >= 0.6 is 0 Å². The smallest absolute Gasteiger partial charge is 0.185 e. The topological polar surface area (TPSA) is 57.5 Å². The first-order valence-electron chi connectivity index (χ1n) is 5.46. The molecule has 2 aromatic carbocycles. The van der Waals surface area contributed by atoms with E-state index < -0.39 is 0 Å². The molecule has 90 valence electrons. The van der Waals surface area contributed by atoms with Crippen LogP contribution in [0.5, 0.6) is 11.5 Å². The van der Waals surface area contributed by atoms with Gasteiger partial charge in [-0.15, -0.1) is 0 Å². The number of hydrogen-bond acceptors (Lipinski definition) is 3. The van der Waals surface area contributed by atoms with Crippen molar-refractivity contribution in [3.8, 4) is 11.5 Å². The predicted molar refractivity (Wildman–Crippen MR) is 69.6 cm³/mol. The first-order chi connectivity index (χ1) is 8.66. The van der Waals surface area contributed by atoms with E-state index in [-0.39, 0.29) is 17.3 Å². The number of carbonyl (C=O) groups is 1. The summed E-state index contributed by atoms with van der Waals surface area (Å²) >= 11 is 0. The van der Waals surface area contributed by atoms with Gasteiger partial charge >= 0.3 is 0 Å². The highest BCUT2D eigenvalue weighted by Crippen LogP contribution is 2.17. The number of ketones is 1. The summed E-state index contributed by atoms with van der Waals surface area (Å²) in [5, 5.41) is 18.7. The van der Waals surface area contributed by atoms with E-state index in [1.807, 2.05) is 0 Å². The van der Waals surface area contributed by atoms with Crippen LogP contribution in [0.15, 0.2) is 54.6 Å². The second kappa shape index (κ2) is 5.19. The zero-order valence-corrected chi connectivity index (χ0v) is 9.58. The number of benzene rings is 2. The summed E-state index contributed by atoms with van der Waals surface area (Å²) in [6, 6.07) is 12.8. The van der Waals surface area contributed by atoms with Gasteiger partial charge in [-0.05, 0) is 42.5 Å². The summed E-state index contributed by atoms with van der Waals surface area (Å²) in [7, 11) is 0. The van der Waals surface area contributed by atoms with Gasteiger partial charge in [0.25, 0.3) is 0 Å². The second-order valence-electron chi connectivity index (χ2n) is 3.80. The van der Waals surface area contributed by atoms with Gasteiger partial charge in [-0.3, -0.25) is 4.79 Å². The molecule has 0 heterocycles. The highest BCUT2D eigenvalue weighted by atomic mass is 16.3. The van der Waals surface area contributed by atoms with Crippen molar-refractivity contribution in [3.05, 3.63) is 65.7 Å². The molecule has 2 N–H and O–H groups in total. The third-order valence-electron chi connectivity index (χ3n) is 2.50. The lowest BCUT2D eigenvalue weighted by Crippen LogP contribution is -1.92. The summed E-state index contributed by atoms with van der Waals surface area (Å²) in [4.78, 5) is 11.8. The standard InChI is InChI=1S/C15H12O3/c16-13-8-5-12(6-9-13)15(18)10-7-11-3-1-2-4-14(11)17/h1-10,16-17H/b10-7+. The minimum Gasteiger partial charge on any atom is -0.508 e. The van der Waals surface area contributed by atoms with Crippen LogP contribution in [0, 0.1) is 0 Å². The van der Waals surface area contributed by atoms with E-state index in [2.05, 4.69) is 0 Å². The maximum atomic E-state index is 11.8. The van der Waals surface area contributed by atoms with Gasteiger partial charge in [0.1, 0.15) is 11.5 Å². The van der Waals surface area contributed by atoms with Gasteiger partial charge in [-0.25, -0.2) is 0 Å². The van der Waals surface area contributed by atoms with Gasteiger partial charge in [0, 0.05) is 11.1 Å². The van der Waals surface area contributed by atoms with Crippen molar-refractivity contribution in [2.45, 2.75) is 0 Å². The predicted octanol–water partition coefficient (Wildman–Crippen LogP) is 2.99. The van der Waals surface area contributed by atoms with Crippen LogP contribution in [0.4, 0.5) is 0 Å². The van der Waals surface area contributed by atoms with Crippen LogP contribution in [0.25, 0.3) is 6.08 Å².